The lowest BCUT2D eigenvalue weighted by Crippen LogP contribution is -2.47. The van der Waals surface area contributed by atoms with Crippen molar-refractivity contribution in [1.82, 2.24) is 9.97 Å². The number of nitriles is 1. The van der Waals surface area contributed by atoms with Crippen molar-refractivity contribution in [3.05, 3.63) is 41.0 Å². The normalized spacial score (nSPS) is 16.9. The molecule has 0 amide bonds. The highest BCUT2D eigenvalue weighted by Crippen LogP contribution is 2.30. The highest BCUT2D eigenvalue weighted by atomic mass is 35.5. The molecule has 3 rings (SSSR count). The van der Waals surface area contributed by atoms with Crippen LogP contribution in [-0.4, -0.2) is 50.2 Å². The fourth-order valence-corrected chi connectivity index (χ4v) is 3.51. The molecule has 0 aliphatic carbocycles. The first-order valence-electron chi connectivity index (χ1n) is 8.68. The summed E-state index contributed by atoms with van der Waals surface area (Å²) in [6, 6.07) is 10.0. The van der Waals surface area contributed by atoms with E-state index in [9.17, 15) is 5.26 Å². The Labute approximate surface area is 159 Å². The van der Waals surface area contributed by atoms with Crippen LogP contribution < -0.4 is 14.7 Å². The lowest BCUT2D eigenvalue weighted by Gasteiger charge is -2.39. The second kappa shape index (κ2) is 7.79. The Bertz CT molecular complexity index is 816. The van der Waals surface area contributed by atoms with Gasteiger partial charge in [0.15, 0.2) is 0 Å². The number of nitrogens with zero attached hydrogens (tertiary/aromatic N) is 6. The van der Waals surface area contributed by atoms with Gasteiger partial charge >= 0.3 is 0 Å². The van der Waals surface area contributed by atoms with E-state index < -0.39 is 0 Å². The minimum atomic E-state index is 0.270. The first-order chi connectivity index (χ1) is 12.5. The van der Waals surface area contributed by atoms with E-state index in [1.54, 1.807) is 12.3 Å². The minimum absolute atomic E-state index is 0.270. The summed E-state index contributed by atoms with van der Waals surface area (Å²) in [4.78, 5) is 15.4. The van der Waals surface area contributed by atoms with E-state index in [0.717, 1.165) is 43.4 Å². The van der Waals surface area contributed by atoms with Gasteiger partial charge in [-0.25, -0.2) is 4.98 Å². The number of halogens is 1. The molecule has 136 valence electrons. The van der Waals surface area contributed by atoms with Crippen molar-refractivity contribution in [3.63, 3.8) is 0 Å². The zero-order chi connectivity index (χ0) is 18.7. The van der Waals surface area contributed by atoms with Crippen LogP contribution in [0.2, 0.25) is 5.02 Å². The SMILES string of the molecule is CN(C)c1ccnc(N(C)C2CCCN(c3cccc(Cl)c3C#N)C2)n1. The Kier molecular flexibility index (Phi) is 5.48. The van der Waals surface area contributed by atoms with Gasteiger partial charge in [-0.05, 0) is 31.0 Å². The molecule has 1 aliphatic rings. The Hall–Kier alpha value is -2.52. The number of anilines is 3. The molecule has 1 atom stereocenters. The van der Waals surface area contributed by atoms with E-state index >= 15 is 0 Å². The van der Waals surface area contributed by atoms with E-state index in [1.807, 2.05) is 44.2 Å². The number of rotatable bonds is 4. The third-order valence-corrected chi connectivity index (χ3v) is 5.11. The fraction of sp³-hybridized carbons (Fsp3) is 0.421. The molecule has 1 aliphatic heterocycles. The van der Waals surface area contributed by atoms with Crippen molar-refractivity contribution < 1.29 is 0 Å². The number of hydrogen-bond acceptors (Lipinski definition) is 6. The van der Waals surface area contributed by atoms with Crippen LogP contribution in [0.25, 0.3) is 0 Å². The van der Waals surface area contributed by atoms with E-state index in [2.05, 4.69) is 25.8 Å². The average Bonchev–Trinajstić information content (AvgIpc) is 2.67. The number of likely N-dealkylation sites (N-methyl/N-ethyl adjacent to an activating group) is 1. The Morgan fingerprint density at radius 3 is 2.81 bits per heavy atom. The Morgan fingerprint density at radius 2 is 2.08 bits per heavy atom. The van der Waals surface area contributed by atoms with E-state index in [0.29, 0.717) is 10.6 Å². The quantitative estimate of drug-likeness (QED) is 0.823. The van der Waals surface area contributed by atoms with Crippen LogP contribution in [0.5, 0.6) is 0 Å². The summed E-state index contributed by atoms with van der Waals surface area (Å²) in [6.45, 7) is 1.72. The van der Waals surface area contributed by atoms with Gasteiger partial charge in [-0.2, -0.15) is 10.2 Å². The third kappa shape index (κ3) is 3.68. The predicted molar refractivity (Wildman–Crippen MR) is 106 cm³/mol. The second-order valence-corrected chi connectivity index (χ2v) is 7.12. The largest absolute Gasteiger partial charge is 0.368 e. The summed E-state index contributed by atoms with van der Waals surface area (Å²) in [7, 11) is 5.97. The Balaban J connectivity index is 1.82. The van der Waals surface area contributed by atoms with Gasteiger partial charge in [-0.1, -0.05) is 17.7 Å². The molecule has 1 saturated heterocycles. The van der Waals surface area contributed by atoms with E-state index in [-0.39, 0.29) is 6.04 Å². The average molecular weight is 371 g/mol. The van der Waals surface area contributed by atoms with Crippen LogP contribution in [0.15, 0.2) is 30.5 Å². The fourth-order valence-electron chi connectivity index (χ4n) is 3.30. The van der Waals surface area contributed by atoms with Crippen molar-refractivity contribution in [3.8, 4) is 6.07 Å². The van der Waals surface area contributed by atoms with Crippen molar-refractivity contribution in [2.45, 2.75) is 18.9 Å². The second-order valence-electron chi connectivity index (χ2n) is 6.71. The summed E-state index contributed by atoms with van der Waals surface area (Å²) in [5, 5.41) is 9.97. The topological polar surface area (TPSA) is 59.3 Å². The molecule has 2 aromatic rings. The van der Waals surface area contributed by atoms with Crippen molar-refractivity contribution >= 4 is 29.1 Å². The Morgan fingerprint density at radius 1 is 1.27 bits per heavy atom. The van der Waals surface area contributed by atoms with E-state index in [4.69, 9.17) is 11.6 Å². The summed E-state index contributed by atoms with van der Waals surface area (Å²) in [5.74, 6) is 1.60. The maximum atomic E-state index is 9.47. The van der Waals surface area contributed by atoms with Crippen LogP contribution in [0.4, 0.5) is 17.5 Å². The van der Waals surface area contributed by atoms with Crippen molar-refractivity contribution in [2.24, 2.45) is 0 Å². The minimum Gasteiger partial charge on any atom is -0.368 e. The molecule has 0 spiro atoms. The van der Waals surface area contributed by atoms with Gasteiger partial charge < -0.3 is 14.7 Å². The number of benzene rings is 1. The first-order valence-corrected chi connectivity index (χ1v) is 9.06. The number of piperidine rings is 1. The molecule has 1 unspecified atom stereocenters. The lowest BCUT2D eigenvalue weighted by atomic mass is 10.0. The molecule has 0 radical (unpaired) electrons. The molecule has 1 aromatic carbocycles. The zero-order valence-corrected chi connectivity index (χ0v) is 16.1. The van der Waals surface area contributed by atoms with Crippen LogP contribution in [0.3, 0.4) is 0 Å². The molecule has 6 nitrogen and oxygen atoms in total. The van der Waals surface area contributed by atoms with Crippen LogP contribution in [0, 0.1) is 11.3 Å². The molecule has 0 N–H and O–H groups in total. The van der Waals surface area contributed by atoms with Crippen LogP contribution in [-0.2, 0) is 0 Å². The monoisotopic (exact) mass is 370 g/mol. The van der Waals surface area contributed by atoms with Gasteiger partial charge in [0.2, 0.25) is 5.95 Å². The van der Waals surface area contributed by atoms with Gasteiger partial charge in [-0.3, -0.25) is 0 Å². The molecular weight excluding hydrogens is 348 g/mol. The molecule has 0 bridgehead atoms. The van der Waals surface area contributed by atoms with Gasteiger partial charge in [0.25, 0.3) is 0 Å². The molecule has 0 saturated carbocycles. The maximum Gasteiger partial charge on any atom is 0.227 e. The van der Waals surface area contributed by atoms with Crippen LogP contribution >= 0.6 is 11.6 Å². The highest BCUT2D eigenvalue weighted by Gasteiger charge is 2.26. The molecule has 7 heteroatoms. The number of aromatic nitrogens is 2. The predicted octanol–water partition coefficient (Wildman–Crippen LogP) is 3.17. The van der Waals surface area contributed by atoms with Gasteiger partial charge in [0.05, 0.1) is 16.3 Å². The highest BCUT2D eigenvalue weighted by molar-refractivity contribution is 6.32. The zero-order valence-electron chi connectivity index (χ0n) is 15.4. The molecule has 26 heavy (non-hydrogen) atoms. The lowest BCUT2D eigenvalue weighted by molar-refractivity contribution is 0.483. The van der Waals surface area contributed by atoms with E-state index in [1.165, 1.54) is 0 Å². The van der Waals surface area contributed by atoms with Crippen molar-refractivity contribution in [1.29, 1.82) is 5.26 Å². The van der Waals surface area contributed by atoms with Gasteiger partial charge in [0.1, 0.15) is 11.9 Å². The first kappa shape index (κ1) is 18.3. The molecule has 2 heterocycles. The maximum absolute atomic E-state index is 9.47. The summed E-state index contributed by atoms with van der Waals surface area (Å²) in [5.41, 5.74) is 1.45. The summed E-state index contributed by atoms with van der Waals surface area (Å²) >= 11 is 6.21. The summed E-state index contributed by atoms with van der Waals surface area (Å²) < 4.78 is 0. The number of hydrogen-bond donors (Lipinski definition) is 0. The third-order valence-electron chi connectivity index (χ3n) is 4.79. The smallest absolute Gasteiger partial charge is 0.227 e. The summed E-state index contributed by atoms with van der Waals surface area (Å²) in [6.07, 6.45) is 3.89. The van der Waals surface area contributed by atoms with Gasteiger partial charge in [-0.15, -0.1) is 0 Å². The molecule has 1 aromatic heterocycles. The molecule has 1 fully saturated rings. The standard InChI is InChI=1S/C19H23ClN6/c1-24(2)18-9-10-22-19(23-18)25(3)14-6-5-11-26(13-14)17-8-4-7-16(20)15(17)12-21/h4,7-10,14H,5-6,11,13H2,1-3H3. The van der Waals surface area contributed by atoms with Gasteiger partial charge in [0, 0.05) is 46.5 Å². The molecular formula is C19H23ClN6. The van der Waals surface area contributed by atoms with Crippen LogP contribution in [0.1, 0.15) is 18.4 Å². The van der Waals surface area contributed by atoms with Crippen molar-refractivity contribution in [2.75, 3.05) is 48.9 Å².